The predicted molar refractivity (Wildman–Crippen MR) is 90.3 cm³/mol. The van der Waals surface area contributed by atoms with Crippen LogP contribution >= 0.6 is 12.4 Å². The van der Waals surface area contributed by atoms with Gasteiger partial charge in [-0.25, -0.2) is 0 Å². The van der Waals surface area contributed by atoms with Crippen molar-refractivity contribution in [3.63, 3.8) is 0 Å². The molecule has 0 aliphatic carbocycles. The smallest absolute Gasteiger partial charge is 0.387 e. The maximum Gasteiger partial charge on any atom is 0.387 e. The van der Waals surface area contributed by atoms with Crippen molar-refractivity contribution in [3.8, 4) is 11.5 Å². The Balaban J connectivity index is 0.00000312. The third kappa shape index (κ3) is 5.69. The summed E-state index contributed by atoms with van der Waals surface area (Å²) in [5.41, 5.74) is 5.49. The van der Waals surface area contributed by atoms with Crippen molar-refractivity contribution in [2.75, 3.05) is 19.8 Å². The van der Waals surface area contributed by atoms with Crippen LogP contribution in [0.25, 0.3) is 0 Å². The highest BCUT2D eigenvalue weighted by Crippen LogP contribution is 2.33. The van der Waals surface area contributed by atoms with Crippen molar-refractivity contribution in [2.45, 2.75) is 38.5 Å². The number of nitrogens with one attached hydrogen (secondary N) is 1. The largest absolute Gasteiger partial charge is 0.490 e. The minimum absolute atomic E-state index is 0. The van der Waals surface area contributed by atoms with Gasteiger partial charge in [-0.05, 0) is 25.8 Å². The van der Waals surface area contributed by atoms with Gasteiger partial charge in [0.2, 0.25) is 5.91 Å². The molecule has 1 aromatic rings. The van der Waals surface area contributed by atoms with Crippen LogP contribution in [0.1, 0.15) is 25.3 Å². The second-order valence-corrected chi connectivity index (χ2v) is 5.51. The summed E-state index contributed by atoms with van der Waals surface area (Å²) >= 11 is 0. The first-order chi connectivity index (χ1) is 11.5. The normalized spacial score (nSPS) is 16.0. The van der Waals surface area contributed by atoms with Gasteiger partial charge in [0.05, 0.1) is 12.1 Å². The van der Waals surface area contributed by atoms with Crippen molar-refractivity contribution in [1.82, 2.24) is 5.32 Å². The third-order valence-corrected chi connectivity index (χ3v) is 3.84. The van der Waals surface area contributed by atoms with Crippen LogP contribution < -0.4 is 20.5 Å². The molecule has 1 saturated heterocycles. The zero-order valence-electron chi connectivity index (χ0n) is 13.9. The standard InChI is InChI=1S/C16H22F2N2O4.ClH/c1-2-23-12-5-3-4-11(13(12)24-15(17)18)10-20-14(21)16(19)6-8-22-9-7-16;/h3-5,15H,2,6-10,19H2,1H3,(H,20,21);1H. The first-order valence-corrected chi connectivity index (χ1v) is 7.80. The molecule has 0 atom stereocenters. The highest BCUT2D eigenvalue weighted by molar-refractivity contribution is 5.86. The maximum absolute atomic E-state index is 12.7. The van der Waals surface area contributed by atoms with Crippen LogP contribution in [0.3, 0.4) is 0 Å². The van der Waals surface area contributed by atoms with E-state index in [-0.39, 0.29) is 36.4 Å². The number of halogens is 3. The Morgan fingerprint density at radius 1 is 1.40 bits per heavy atom. The zero-order chi connectivity index (χ0) is 17.6. The number of amides is 1. The van der Waals surface area contributed by atoms with Gasteiger partial charge >= 0.3 is 6.61 Å². The number of carbonyl (C=O) groups is 1. The molecule has 0 spiro atoms. The van der Waals surface area contributed by atoms with Gasteiger partial charge in [-0.15, -0.1) is 12.4 Å². The van der Waals surface area contributed by atoms with E-state index in [0.29, 0.717) is 38.2 Å². The van der Waals surface area contributed by atoms with E-state index in [9.17, 15) is 13.6 Å². The Morgan fingerprint density at radius 3 is 2.68 bits per heavy atom. The molecule has 0 bridgehead atoms. The number of rotatable bonds is 7. The Kier molecular flexibility index (Phi) is 8.34. The molecule has 142 valence electrons. The van der Waals surface area contributed by atoms with E-state index >= 15 is 0 Å². The molecule has 1 heterocycles. The molecule has 3 N–H and O–H groups in total. The maximum atomic E-state index is 12.7. The summed E-state index contributed by atoms with van der Waals surface area (Å²) in [6, 6.07) is 4.78. The topological polar surface area (TPSA) is 82.8 Å². The van der Waals surface area contributed by atoms with Gasteiger partial charge in [-0.2, -0.15) is 8.78 Å². The van der Waals surface area contributed by atoms with Crippen LogP contribution in [0.5, 0.6) is 11.5 Å². The molecule has 0 aromatic heterocycles. The van der Waals surface area contributed by atoms with Crippen LogP contribution in [0.2, 0.25) is 0 Å². The molecule has 25 heavy (non-hydrogen) atoms. The van der Waals surface area contributed by atoms with Crippen molar-refractivity contribution in [3.05, 3.63) is 23.8 Å². The average Bonchev–Trinajstić information content (AvgIpc) is 2.55. The minimum atomic E-state index is -2.99. The first kappa shape index (κ1) is 21.4. The van der Waals surface area contributed by atoms with E-state index in [0.717, 1.165) is 0 Å². The van der Waals surface area contributed by atoms with E-state index in [1.165, 1.54) is 6.07 Å². The van der Waals surface area contributed by atoms with Crippen molar-refractivity contribution in [1.29, 1.82) is 0 Å². The number of ether oxygens (including phenoxy) is 3. The Labute approximate surface area is 151 Å². The van der Waals surface area contributed by atoms with Gasteiger partial charge in [0.1, 0.15) is 0 Å². The number of benzene rings is 1. The van der Waals surface area contributed by atoms with Gasteiger partial charge < -0.3 is 25.3 Å². The van der Waals surface area contributed by atoms with E-state index in [1.54, 1.807) is 19.1 Å². The molecular formula is C16H23ClF2N2O4. The number of carbonyl (C=O) groups excluding carboxylic acids is 1. The van der Waals surface area contributed by atoms with Crippen LogP contribution in [-0.2, 0) is 16.1 Å². The molecule has 0 radical (unpaired) electrons. The first-order valence-electron chi connectivity index (χ1n) is 7.80. The summed E-state index contributed by atoms with van der Waals surface area (Å²) in [6.07, 6.45) is 0.830. The van der Waals surface area contributed by atoms with Crippen LogP contribution in [0.15, 0.2) is 18.2 Å². The van der Waals surface area contributed by atoms with Crippen LogP contribution in [-0.4, -0.2) is 37.9 Å². The van der Waals surface area contributed by atoms with Crippen LogP contribution in [0.4, 0.5) is 8.78 Å². The van der Waals surface area contributed by atoms with Crippen molar-refractivity contribution >= 4 is 18.3 Å². The fourth-order valence-corrected chi connectivity index (χ4v) is 2.51. The van der Waals surface area contributed by atoms with Gasteiger partial charge in [0.15, 0.2) is 11.5 Å². The molecule has 1 aliphatic rings. The van der Waals surface area contributed by atoms with Crippen LogP contribution in [0, 0.1) is 0 Å². The summed E-state index contributed by atoms with van der Waals surface area (Å²) in [7, 11) is 0. The predicted octanol–water partition coefficient (Wildman–Crippen LogP) is 2.23. The van der Waals surface area contributed by atoms with Crippen molar-refractivity contribution < 1.29 is 27.8 Å². The molecule has 2 rings (SSSR count). The van der Waals surface area contributed by atoms with Crippen molar-refractivity contribution in [2.24, 2.45) is 5.73 Å². The summed E-state index contributed by atoms with van der Waals surface area (Å²) in [6.45, 7) is -0.0859. The molecule has 0 unspecified atom stereocenters. The Bertz CT molecular complexity index is 569. The lowest BCUT2D eigenvalue weighted by Crippen LogP contribution is -2.56. The minimum Gasteiger partial charge on any atom is -0.490 e. The second-order valence-electron chi connectivity index (χ2n) is 5.51. The van der Waals surface area contributed by atoms with E-state index in [1.807, 2.05) is 0 Å². The number of alkyl halides is 2. The van der Waals surface area contributed by atoms with Gasteiger partial charge in [-0.1, -0.05) is 12.1 Å². The fraction of sp³-hybridized carbons (Fsp3) is 0.562. The second kappa shape index (κ2) is 9.74. The molecule has 1 fully saturated rings. The van der Waals surface area contributed by atoms with E-state index in [2.05, 4.69) is 10.1 Å². The molecule has 0 saturated carbocycles. The Hall–Kier alpha value is -1.64. The lowest BCUT2D eigenvalue weighted by molar-refractivity contribution is -0.129. The average molecular weight is 381 g/mol. The van der Waals surface area contributed by atoms with Gasteiger partial charge in [0, 0.05) is 25.3 Å². The van der Waals surface area contributed by atoms with E-state index in [4.69, 9.17) is 15.2 Å². The molecular weight excluding hydrogens is 358 g/mol. The zero-order valence-corrected chi connectivity index (χ0v) is 14.7. The summed E-state index contributed by atoms with van der Waals surface area (Å²) in [5.74, 6) is -0.207. The molecule has 6 nitrogen and oxygen atoms in total. The highest BCUT2D eigenvalue weighted by atomic mass is 35.5. The summed E-state index contributed by atoms with van der Waals surface area (Å²) in [4.78, 5) is 12.3. The molecule has 1 aromatic carbocycles. The number of nitrogens with two attached hydrogens (primary N) is 1. The number of hydrogen-bond donors (Lipinski definition) is 2. The molecule has 9 heteroatoms. The number of hydrogen-bond acceptors (Lipinski definition) is 5. The third-order valence-electron chi connectivity index (χ3n) is 3.84. The summed E-state index contributed by atoms with van der Waals surface area (Å²) < 4.78 is 40.4. The number of para-hydroxylation sites is 1. The SMILES string of the molecule is CCOc1cccc(CNC(=O)C2(N)CCOCC2)c1OC(F)F.Cl. The lowest BCUT2D eigenvalue weighted by Gasteiger charge is -2.31. The van der Waals surface area contributed by atoms with Gasteiger partial charge in [0.25, 0.3) is 0 Å². The highest BCUT2D eigenvalue weighted by Gasteiger charge is 2.35. The molecule has 1 aliphatic heterocycles. The van der Waals surface area contributed by atoms with E-state index < -0.39 is 12.2 Å². The van der Waals surface area contributed by atoms with Gasteiger partial charge in [-0.3, -0.25) is 4.79 Å². The fourth-order valence-electron chi connectivity index (χ4n) is 2.51. The summed E-state index contributed by atoms with van der Waals surface area (Å²) in [5, 5.41) is 2.69. The quantitative estimate of drug-likeness (QED) is 0.758. The monoisotopic (exact) mass is 380 g/mol. The molecule has 1 amide bonds. The lowest BCUT2D eigenvalue weighted by atomic mass is 9.90. The Morgan fingerprint density at radius 2 is 2.08 bits per heavy atom.